The standard InChI is InChI=1S/C7H6ClN3O/c1-12-7-5-2-3-9-11(5)4-6(8)10-7/h2-4H,1H3. The van der Waals surface area contributed by atoms with Gasteiger partial charge in [0, 0.05) is 0 Å². The van der Waals surface area contributed by atoms with Crippen molar-refractivity contribution in [3.8, 4) is 5.88 Å². The zero-order valence-corrected chi connectivity index (χ0v) is 7.12. The molecule has 0 atom stereocenters. The van der Waals surface area contributed by atoms with E-state index in [1.807, 2.05) is 6.07 Å². The molecule has 0 saturated carbocycles. The Hall–Kier alpha value is -1.29. The van der Waals surface area contributed by atoms with Crippen molar-refractivity contribution in [1.82, 2.24) is 14.6 Å². The molecule has 62 valence electrons. The third-order valence-electron chi connectivity index (χ3n) is 1.52. The smallest absolute Gasteiger partial charge is 0.241 e. The second kappa shape index (κ2) is 2.64. The van der Waals surface area contributed by atoms with E-state index in [0.29, 0.717) is 11.0 Å². The SMILES string of the molecule is COc1nc(Cl)cn2nccc12. The van der Waals surface area contributed by atoms with Gasteiger partial charge in [-0.15, -0.1) is 0 Å². The van der Waals surface area contributed by atoms with Gasteiger partial charge in [0.15, 0.2) is 5.15 Å². The first-order chi connectivity index (χ1) is 5.81. The van der Waals surface area contributed by atoms with Crippen LogP contribution < -0.4 is 4.74 Å². The molecule has 0 aromatic carbocycles. The van der Waals surface area contributed by atoms with Crippen LogP contribution in [0.1, 0.15) is 0 Å². The van der Waals surface area contributed by atoms with Gasteiger partial charge >= 0.3 is 0 Å². The fraction of sp³-hybridized carbons (Fsp3) is 0.143. The van der Waals surface area contributed by atoms with Crippen molar-refractivity contribution in [2.24, 2.45) is 0 Å². The van der Waals surface area contributed by atoms with Crippen LogP contribution in [0.4, 0.5) is 0 Å². The molecule has 0 aliphatic heterocycles. The number of halogens is 1. The van der Waals surface area contributed by atoms with E-state index in [0.717, 1.165) is 5.52 Å². The van der Waals surface area contributed by atoms with Crippen molar-refractivity contribution >= 4 is 17.1 Å². The zero-order valence-electron chi connectivity index (χ0n) is 6.36. The molecule has 12 heavy (non-hydrogen) atoms. The predicted octanol–water partition coefficient (Wildman–Crippen LogP) is 1.39. The van der Waals surface area contributed by atoms with Crippen LogP contribution in [-0.2, 0) is 0 Å². The Morgan fingerprint density at radius 3 is 3.17 bits per heavy atom. The van der Waals surface area contributed by atoms with Crippen LogP contribution in [0, 0.1) is 0 Å². The Morgan fingerprint density at radius 2 is 2.42 bits per heavy atom. The second-order valence-electron chi connectivity index (χ2n) is 2.23. The summed E-state index contributed by atoms with van der Waals surface area (Å²) in [4.78, 5) is 3.97. The number of aromatic nitrogens is 3. The third kappa shape index (κ3) is 1.00. The summed E-state index contributed by atoms with van der Waals surface area (Å²) in [6, 6.07) is 1.81. The van der Waals surface area contributed by atoms with Gasteiger partial charge in [-0.3, -0.25) is 0 Å². The lowest BCUT2D eigenvalue weighted by atomic mass is 10.5. The fourth-order valence-corrected chi connectivity index (χ4v) is 1.19. The van der Waals surface area contributed by atoms with E-state index in [1.165, 1.54) is 0 Å². The molecule has 0 aliphatic rings. The molecule has 0 spiro atoms. The van der Waals surface area contributed by atoms with E-state index >= 15 is 0 Å². The maximum atomic E-state index is 5.71. The average Bonchev–Trinajstić information content (AvgIpc) is 2.50. The van der Waals surface area contributed by atoms with Crippen LogP contribution in [0.25, 0.3) is 5.52 Å². The largest absolute Gasteiger partial charge is 0.479 e. The zero-order chi connectivity index (χ0) is 8.55. The van der Waals surface area contributed by atoms with Crippen LogP contribution in [0.5, 0.6) is 5.88 Å². The minimum Gasteiger partial charge on any atom is -0.479 e. The van der Waals surface area contributed by atoms with Gasteiger partial charge in [0.05, 0.1) is 19.5 Å². The van der Waals surface area contributed by atoms with Crippen molar-refractivity contribution in [1.29, 1.82) is 0 Å². The van der Waals surface area contributed by atoms with Crippen molar-refractivity contribution in [2.75, 3.05) is 7.11 Å². The molecular formula is C7H6ClN3O. The quantitative estimate of drug-likeness (QED) is 0.671. The Kier molecular flexibility index (Phi) is 1.62. The van der Waals surface area contributed by atoms with E-state index in [4.69, 9.17) is 16.3 Å². The average molecular weight is 184 g/mol. The molecule has 0 amide bonds. The first kappa shape index (κ1) is 7.36. The molecule has 2 aromatic rings. The van der Waals surface area contributed by atoms with Gasteiger partial charge in [0.1, 0.15) is 5.52 Å². The minimum absolute atomic E-state index is 0.364. The van der Waals surface area contributed by atoms with E-state index in [2.05, 4.69) is 10.1 Å². The summed E-state index contributed by atoms with van der Waals surface area (Å²) >= 11 is 5.71. The van der Waals surface area contributed by atoms with Gasteiger partial charge in [-0.1, -0.05) is 11.6 Å². The highest BCUT2D eigenvalue weighted by atomic mass is 35.5. The van der Waals surface area contributed by atoms with Gasteiger partial charge in [-0.05, 0) is 6.07 Å². The summed E-state index contributed by atoms with van der Waals surface area (Å²) in [6.45, 7) is 0. The summed E-state index contributed by atoms with van der Waals surface area (Å²) in [7, 11) is 1.55. The van der Waals surface area contributed by atoms with Crippen LogP contribution in [0.15, 0.2) is 18.5 Å². The molecule has 0 bridgehead atoms. The number of hydrogen-bond acceptors (Lipinski definition) is 3. The lowest BCUT2D eigenvalue weighted by Gasteiger charge is -2.00. The maximum absolute atomic E-state index is 5.71. The number of nitrogens with zero attached hydrogens (tertiary/aromatic N) is 3. The summed E-state index contributed by atoms with van der Waals surface area (Å²) in [5.41, 5.74) is 0.807. The predicted molar refractivity (Wildman–Crippen MR) is 44.5 cm³/mol. The maximum Gasteiger partial charge on any atom is 0.241 e. The first-order valence-corrected chi connectivity index (χ1v) is 3.73. The van der Waals surface area contributed by atoms with Crippen LogP contribution in [-0.4, -0.2) is 21.7 Å². The highest BCUT2D eigenvalue weighted by Crippen LogP contribution is 2.18. The van der Waals surface area contributed by atoms with Crippen LogP contribution >= 0.6 is 11.6 Å². The summed E-state index contributed by atoms with van der Waals surface area (Å²) in [6.07, 6.45) is 3.29. The Labute approximate surface area is 73.7 Å². The van der Waals surface area contributed by atoms with Crippen LogP contribution in [0.2, 0.25) is 5.15 Å². The normalized spacial score (nSPS) is 10.5. The van der Waals surface area contributed by atoms with E-state index in [-0.39, 0.29) is 0 Å². The molecule has 0 fully saturated rings. The van der Waals surface area contributed by atoms with Crippen molar-refractivity contribution in [2.45, 2.75) is 0 Å². The van der Waals surface area contributed by atoms with E-state index in [9.17, 15) is 0 Å². The molecule has 2 aromatic heterocycles. The summed E-state index contributed by atoms with van der Waals surface area (Å²) < 4.78 is 6.63. The number of hydrogen-bond donors (Lipinski definition) is 0. The van der Waals surface area contributed by atoms with Crippen molar-refractivity contribution in [3.05, 3.63) is 23.6 Å². The molecule has 5 heteroatoms. The molecule has 2 heterocycles. The fourth-order valence-electron chi connectivity index (χ4n) is 1.02. The molecule has 0 radical (unpaired) electrons. The molecule has 0 saturated heterocycles. The highest BCUT2D eigenvalue weighted by molar-refractivity contribution is 6.29. The number of methoxy groups -OCH3 is 1. The Balaban J connectivity index is 2.80. The monoisotopic (exact) mass is 183 g/mol. The molecule has 2 rings (SSSR count). The number of rotatable bonds is 1. The minimum atomic E-state index is 0.364. The first-order valence-electron chi connectivity index (χ1n) is 3.35. The lowest BCUT2D eigenvalue weighted by molar-refractivity contribution is 0.400. The van der Waals surface area contributed by atoms with Crippen molar-refractivity contribution < 1.29 is 4.74 Å². The van der Waals surface area contributed by atoms with Gasteiger partial charge in [0.2, 0.25) is 5.88 Å². The molecular weight excluding hydrogens is 178 g/mol. The lowest BCUT2D eigenvalue weighted by Crippen LogP contribution is -1.94. The van der Waals surface area contributed by atoms with Crippen LogP contribution in [0.3, 0.4) is 0 Å². The molecule has 4 nitrogen and oxygen atoms in total. The van der Waals surface area contributed by atoms with Gasteiger partial charge in [-0.25, -0.2) is 4.52 Å². The summed E-state index contributed by atoms with van der Waals surface area (Å²) in [5.74, 6) is 0.486. The number of ether oxygens (including phenoxy) is 1. The van der Waals surface area contributed by atoms with E-state index in [1.54, 1.807) is 24.0 Å². The highest BCUT2D eigenvalue weighted by Gasteiger charge is 2.04. The molecule has 0 aliphatic carbocycles. The van der Waals surface area contributed by atoms with Crippen molar-refractivity contribution in [3.63, 3.8) is 0 Å². The van der Waals surface area contributed by atoms with Gasteiger partial charge < -0.3 is 4.74 Å². The Bertz CT molecular complexity index is 412. The van der Waals surface area contributed by atoms with Gasteiger partial charge in [0.25, 0.3) is 0 Å². The van der Waals surface area contributed by atoms with E-state index < -0.39 is 0 Å². The van der Waals surface area contributed by atoms with Gasteiger partial charge in [-0.2, -0.15) is 10.1 Å². The summed E-state index contributed by atoms with van der Waals surface area (Å²) in [5, 5.41) is 4.36. The molecule has 0 N–H and O–H groups in total. The molecule has 0 unspecified atom stereocenters. The Morgan fingerprint density at radius 1 is 1.58 bits per heavy atom. The number of fused-ring (bicyclic) bond motifs is 1. The third-order valence-corrected chi connectivity index (χ3v) is 1.70. The second-order valence-corrected chi connectivity index (χ2v) is 2.62. The topological polar surface area (TPSA) is 39.4 Å².